The summed E-state index contributed by atoms with van der Waals surface area (Å²) in [5.41, 5.74) is 3.31. The number of rotatable bonds is 5. The van der Waals surface area contributed by atoms with Gasteiger partial charge in [-0.25, -0.2) is 4.98 Å². The monoisotopic (exact) mass is 309 g/mol. The first-order chi connectivity index (χ1) is 11.0. The second-order valence-electron chi connectivity index (χ2n) is 5.31. The van der Waals surface area contributed by atoms with Crippen LogP contribution in [0.2, 0.25) is 0 Å². The average molecular weight is 309 g/mol. The molecular formula is C17H15N3O3. The molecule has 6 nitrogen and oxygen atoms in total. The molecule has 0 radical (unpaired) electrons. The molecule has 0 unspecified atom stereocenters. The number of nitrogens with zero attached hydrogens (tertiary/aromatic N) is 3. The first-order valence-corrected chi connectivity index (χ1v) is 7.04. The molecule has 3 aromatic rings. The minimum Gasteiger partial charge on any atom is -0.489 e. The van der Waals surface area contributed by atoms with Crippen molar-refractivity contribution in [3.63, 3.8) is 0 Å². The Balaban J connectivity index is 1.87. The number of benzene rings is 1. The molecule has 0 aliphatic heterocycles. The predicted molar refractivity (Wildman–Crippen MR) is 87.6 cm³/mol. The number of nitro groups is 1. The van der Waals surface area contributed by atoms with E-state index >= 15 is 0 Å². The van der Waals surface area contributed by atoms with Crippen LogP contribution in [0.25, 0.3) is 16.9 Å². The zero-order valence-electron chi connectivity index (χ0n) is 12.6. The Labute approximate surface area is 132 Å². The van der Waals surface area contributed by atoms with E-state index in [0.29, 0.717) is 12.3 Å². The summed E-state index contributed by atoms with van der Waals surface area (Å²) in [4.78, 5) is 14.9. The molecule has 2 heterocycles. The summed E-state index contributed by atoms with van der Waals surface area (Å²) < 4.78 is 7.21. The molecule has 6 heteroatoms. The fourth-order valence-corrected chi connectivity index (χ4v) is 2.16. The second kappa shape index (κ2) is 5.92. The van der Waals surface area contributed by atoms with Gasteiger partial charge in [0, 0.05) is 17.8 Å². The van der Waals surface area contributed by atoms with E-state index in [4.69, 9.17) is 4.74 Å². The van der Waals surface area contributed by atoms with Crippen LogP contribution >= 0.6 is 0 Å². The predicted octanol–water partition coefficient (Wildman–Crippen LogP) is 3.86. The van der Waals surface area contributed by atoms with Crippen LogP contribution in [0.4, 0.5) is 5.69 Å². The molecule has 1 aromatic carbocycles. The molecule has 0 N–H and O–H groups in total. The summed E-state index contributed by atoms with van der Waals surface area (Å²) >= 11 is 0. The van der Waals surface area contributed by atoms with Gasteiger partial charge in [0.05, 0.1) is 16.8 Å². The van der Waals surface area contributed by atoms with E-state index in [0.717, 1.165) is 22.6 Å². The van der Waals surface area contributed by atoms with Gasteiger partial charge in [-0.2, -0.15) is 0 Å². The third kappa shape index (κ3) is 3.21. The van der Waals surface area contributed by atoms with Crippen molar-refractivity contribution in [1.82, 2.24) is 9.38 Å². The Morgan fingerprint density at radius 3 is 2.65 bits per heavy atom. The van der Waals surface area contributed by atoms with E-state index in [2.05, 4.69) is 11.6 Å². The number of aromatic nitrogens is 2. The molecular weight excluding hydrogens is 294 g/mol. The van der Waals surface area contributed by atoms with Crippen LogP contribution in [-0.2, 0) is 0 Å². The molecule has 0 fully saturated rings. The van der Waals surface area contributed by atoms with Gasteiger partial charge in [0.1, 0.15) is 18.0 Å². The van der Waals surface area contributed by atoms with Crippen molar-refractivity contribution in [2.24, 2.45) is 0 Å². The lowest BCUT2D eigenvalue weighted by atomic mass is 10.1. The van der Waals surface area contributed by atoms with Crippen LogP contribution in [0, 0.1) is 10.1 Å². The fourth-order valence-electron chi connectivity index (χ4n) is 2.16. The van der Waals surface area contributed by atoms with Gasteiger partial charge >= 0.3 is 0 Å². The minimum atomic E-state index is -0.424. The van der Waals surface area contributed by atoms with E-state index in [1.165, 1.54) is 12.3 Å². The van der Waals surface area contributed by atoms with E-state index < -0.39 is 4.92 Å². The van der Waals surface area contributed by atoms with Crippen molar-refractivity contribution >= 4 is 11.3 Å². The van der Waals surface area contributed by atoms with Gasteiger partial charge in [-0.1, -0.05) is 6.58 Å². The summed E-state index contributed by atoms with van der Waals surface area (Å²) in [6, 6.07) is 10.6. The Morgan fingerprint density at radius 2 is 2.00 bits per heavy atom. The SMILES string of the molecule is C=C(C)COc1ccc(-c2cn3cc([N+](=O)[O-])ccc3n2)cc1. The van der Waals surface area contributed by atoms with E-state index in [1.54, 1.807) is 16.7 Å². The summed E-state index contributed by atoms with van der Waals surface area (Å²) in [6.07, 6.45) is 3.22. The number of imidazole rings is 1. The average Bonchev–Trinajstić information content (AvgIpc) is 2.96. The minimum absolute atomic E-state index is 0.0324. The maximum Gasteiger partial charge on any atom is 0.286 e. The molecule has 0 spiro atoms. The molecule has 0 saturated carbocycles. The van der Waals surface area contributed by atoms with Crippen molar-refractivity contribution in [2.75, 3.05) is 6.61 Å². The van der Waals surface area contributed by atoms with Crippen LogP contribution in [-0.4, -0.2) is 20.9 Å². The first-order valence-electron chi connectivity index (χ1n) is 7.04. The van der Waals surface area contributed by atoms with Crippen LogP contribution in [0.3, 0.4) is 0 Å². The van der Waals surface area contributed by atoms with Gasteiger partial charge in [-0.15, -0.1) is 0 Å². The molecule has 23 heavy (non-hydrogen) atoms. The molecule has 3 rings (SSSR count). The Bertz CT molecular complexity index is 882. The highest BCUT2D eigenvalue weighted by molar-refractivity contribution is 5.63. The van der Waals surface area contributed by atoms with Crippen molar-refractivity contribution in [3.05, 3.63) is 71.1 Å². The quantitative estimate of drug-likeness (QED) is 0.407. The molecule has 0 saturated heterocycles. The van der Waals surface area contributed by atoms with Gasteiger partial charge < -0.3 is 4.74 Å². The molecule has 0 atom stereocenters. The topological polar surface area (TPSA) is 69.7 Å². The Kier molecular flexibility index (Phi) is 3.80. The van der Waals surface area contributed by atoms with Crippen LogP contribution in [0.15, 0.2) is 60.9 Å². The molecule has 116 valence electrons. The third-order valence-electron chi connectivity index (χ3n) is 3.28. The van der Waals surface area contributed by atoms with Gasteiger partial charge in [-0.05, 0) is 42.8 Å². The van der Waals surface area contributed by atoms with Gasteiger partial charge in [0.2, 0.25) is 0 Å². The van der Waals surface area contributed by atoms with Crippen molar-refractivity contribution in [3.8, 4) is 17.0 Å². The van der Waals surface area contributed by atoms with E-state index in [9.17, 15) is 10.1 Å². The number of hydrogen-bond donors (Lipinski definition) is 0. The van der Waals surface area contributed by atoms with Crippen molar-refractivity contribution in [2.45, 2.75) is 6.92 Å². The summed E-state index contributed by atoms with van der Waals surface area (Å²) in [5.74, 6) is 0.760. The maximum atomic E-state index is 10.8. The first kappa shape index (κ1) is 14.8. The molecule has 2 aromatic heterocycles. The number of hydrogen-bond acceptors (Lipinski definition) is 4. The van der Waals surface area contributed by atoms with Gasteiger partial charge in [0.25, 0.3) is 5.69 Å². The van der Waals surface area contributed by atoms with Crippen LogP contribution < -0.4 is 4.74 Å². The molecule has 0 aliphatic rings. The highest BCUT2D eigenvalue weighted by Gasteiger charge is 2.09. The summed E-state index contributed by atoms with van der Waals surface area (Å²) in [5, 5.41) is 10.8. The third-order valence-corrected chi connectivity index (χ3v) is 3.28. The molecule has 0 amide bonds. The summed E-state index contributed by atoms with van der Waals surface area (Å²) in [7, 11) is 0. The molecule has 0 bridgehead atoms. The Hall–Kier alpha value is -3.15. The van der Waals surface area contributed by atoms with Crippen LogP contribution in [0.1, 0.15) is 6.92 Å². The zero-order chi connectivity index (χ0) is 16.4. The normalized spacial score (nSPS) is 10.7. The standard InChI is InChI=1S/C17H15N3O3/c1-12(2)11-23-15-6-3-13(4-7-15)16-10-19-9-14(20(21)22)5-8-17(19)18-16/h3-10H,1,11H2,2H3. The molecule has 0 aliphatic carbocycles. The fraction of sp³-hybridized carbons (Fsp3) is 0.118. The lowest BCUT2D eigenvalue weighted by Crippen LogP contribution is -1.97. The zero-order valence-corrected chi connectivity index (χ0v) is 12.6. The summed E-state index contributed by atoms with van der Waals surface area (Å²) in [6.45, 7) is 6.18. The highest BCUT2D eigenvalue weighted by Crippen LogP contribution is 2.23. The second-order valence-corrected chi connectivity index (χ2v) is 5.31. The lowest BCUT2D eigenvalue weighted by molar-refractivity contribution is -0.385. The maximum absolute atomic E-state index is 10.8. The lowest BCUT2D eigenvalue weighted by Gasteiger charge is -2.05. The van der Waals surface area contributed by atoms with Crippen molar-refractivity contribution in [1.29, 1.82) is 0 Å². The number of pyridine rings is 1. The number of fused-ring (bicyclic) bond motifs is 1. The highest BCUT2D eigenvalue weighted by atomic mass is 16.6. The smallest absolute Gasteiger partial charge is 0.286 e. The van der Waals surface area contributed by atoms with Crippen LogP contribution in [0.5, 0.6) is 5.75 Å². The van der Waals surface area contributed by atoms with E-state index in [-0.39, 0.29) is 5.69 Å². The largest absolute Gasteiger partial charge is 0.489 e. The van der Waals surface area contributed by atoms with Gasteiger partial charge in [-0.3, -0.25) is 14.5 Å². The number of ether oxygens (including phenoxy) is 1. The van der Waals surface area contributed by atoms with E-state index in [1.807, 2.05) is 31.2 Å². The Morgan fingerprint density at radius 1 is 1.26 bits per heavy atom. The van der Waals surface area contributed by atoms with Gasteiger partial charge in [0.15, 0.2) is 0 Å². The van der Waals surface area contributed by atoms with Crippen molar-refractivity contribution < 1.29 is 9.66 Å².